The molecule has 0 aliphatic carbocycles. The molecule has 4 N–H and O–H groups in total. The van der Waals surface area contributed by atoms with Gasteiger partial charge in [0.05, 0.1) is 5.69 Å². The van der Waals surface area contributed by atoms with Crippen LogP contribution in [0.2, 0.25) is 0 Å². The van der Waals surface area contributed by atoms with Crippen LogP contribution in [0.25, 0.3) is 0 Å². The molecule has 68 valence electrons. The van der Waals surface area contributed by atoms with Crippen LogP contribution in [0.15, 0.2) is 10.9 Å². The maximum Gasteiger partial charge on any atom is 0.264 e. The molecule has 1 aromatic heterocycles. The number of nitrogens with two attached hydrogens (primary N) is 1. The van der Waals surface area contributed by atoms with E-state index in [1.165, 1.54) is 6.07 Å². The number of hydrogen-bond acceptors (Lipinski definition) is 2. The van der Waals surface area contributed by atoms with Gasteiger partial charge in [-0.3, -0.25) is 9.89 Å². The van der Waals surface area contributed by atoms with Crippen molar-refractivity contribution in [1.29, 1.82) is 0 Å². The Bertz CT molecular complexity index is 288. The van der Waals surface area contributed by atoms with Crippen LogP contribution in [0, 0.1) is 5.92 Å². The number of H-pyrrole nitrogens is 2. The third kappa shape index (κ3) is 1.76. The van der Waals surface area contributed by atoms with Gasteiger partial charge in [0.25, 0.3) is 5.56 Å². The van der Waals surface area contributed by atoms with Crippen molar-refractivity contribution in [2.24, 2.45) is 11.7 Å². The smallest absolute Gasteiger partial charge is 0.264 e. The van der Waals surface area contributed by atoms with E-state index in [4.69, 9.17) is 5.73 Å². The van der Waals surface area contributed by atoms with Crippen molar-refractivity contribution < 1.29 is 0 Å². The highest BCUT2D eigenvalue weighted by Crippen LogP contribution is 2.18. The molecule has 0 aliphatic rings. The summed E-state index contributed by atoms with van der Waals surface area (Å²) in [5.41, 5.74) is 6.54. The van der Waals surface area contributed by atoms with Crippen molar-refractivity contribution in [3.63, 3.8) is 0 Å². The van der Waals surface area contributed by atoms with E-state index in [2.05, 4.69) is 24.0 Å². The molecule has 1 aromatic rings. The highest BCUT2D eigenvalue weighted by Gasteiger charge is 2.14. The Balaban J connectivity index is 2.77. The van der Waals surface area contributed by atoms with Crippen molar-refractivity contribution >= 4 is 0 Å². The fourth-order valence-corrected chi connectivity index (χ4v) is 1.09. The van der Waals surface area contributed by atoms with Gasteiger partial charge in [0.15, 0.2) is 0 Å². The zero-order valence-electron chi connectivity index (χ0n) is 7.42. The minimum absolute atomic E-state index is 0.0750. The first-order valence-electron chi connectivity index (χ1n) is 4.18. The SMILES string of the molecule is CC[C@H](C)[C@H](N)c1cc(=O)[nH][nH]1. The lowest BCUT2D eigenvalue weighted by Crippen LogP contribution is -2.18. The molecule has 0 aromatic carbocycles. The average molecular weight is 169 g/mol. The van der Waals surface area contributed by atoms with Gasteiger partial charge >= 0.3 is 0 Å². The fourth-order valence-electron chi connectivity index (χ4n) is 1.09. The molecule has 0 radical (unpaired) electrons. The largest absolute Gasteiger partial charge is 0.322 e. The summed E-state index contributed by atoms with van der Waals surface area (Å²) < 4.78 is 0. The Labute approximate surface area is 71.2 Å². The molecule has 4 heteroatoms. The first kappa shape index (κ1) is 9.06. The first-order valence-corrected chi connectivity index (χ1v) is 4.18. The van der Waals surface area contributed by atoms with E-state index >= 15 is 0 Å². The third-order valence-corrected chi connectivity index (χ3v) is 2.23. The lowest BCUT2D eigenvalue weighted by molar-refractivity contribution is 0.448. The molecule has 12 heavy (non-hydrogen) atoms. The maximum absolute atomic E-state index is 10.8. The van der Waals surface area contributed by atoms with Gasteiger partial charge in [-0.15, -0.1) is 0 Å². The Morgan fingerprint density at radius 3 is 2.67 bits per heavy atom. The van der Waals surface area contributed by atoms with Gasteiger partial charge < -0.3 is 10.8 Å². The molecule has 0 bridgehead atoms. The first-order chi connectivity index (χ1) is 5.65. The van der Waals surface area contributed by atoms with Crippen LogP contribution >= 0.6 is 0 Å². The van der Waals surface area contributed by atoms with Crippen LogP contribution in [0.5, 0.6) is 0 Å². The van der Waals surface area contributed by atoms with E-state index in [1.54, 1.807) is 0 Å². The second-order valence-corrected chi connectivity index (χ2v) is 3.13. The molecule has 0 saturated carbocycles. The van der Waals surface area contributed by atoms with E-state index in [9.17, 15) is 4.79 Å². The molecule has 0 amide bonds. The molecule has 0 fully saturated rings. The Kier molecular flexibility index (Phi) is 2.70. The standard InChI is InChI=1S/C8H15N3O/c1-3-5(2)8(9)6-4-7(12)11-10-6/h4-5,8H,3,9H2,1-2H3,(H2,10,11,12)/t5-,8-/m0/s1. The summed E-state index contributed by atoms with van der Waals surface area (Å²) in [7, 11) is 0. The Hall–Kier alpha value is -1.03. The number of aromatic amines is 2. The number of rotatable bonds is 3. The highest BCUT2D eigenvalue weighted by molar-refractivity contribution is 5.04. The number of aromatic nitrogens is 2. The van der Waals surface area contributed by atoms with Gasteiger partial charge in [-0.1, -0.05) is 20.3 Å². The molecule has 1 heterocycles. The third-order valence-electron chi connectivity index (χ3n) is 2.23. The van der Waals surface area contributed by atoms with Gasteiger partial charge in [-0.2, -0.15) is 0 Å². The minimum atomic E-state index is -0.122. The summed E-state index contributed by atoms with van der Waals surface area (Å²) in [5, 5.41) is 5.23. The molecule has 1 rings (SSSR count). The van der Waals surface area contributed by atoms with Gasteiger partial charge in [0.2, 0.25) is 0 Å². The lowest BCUT2D eigenvalue weighted by Gasteiger charge is -2.15. The van der Waals surface area contributed by atoms with Crippen LogP contribution in [0.1, 0.15) is 32.0 Å². The highest BCUT2D eigenvalue weighted by atomic mass is 16.1. The van der Waals surface area contributed by atoms with Crippen molar-refractivity contribution in [2.45, 2.75) is 26.3 Å². The van der Waals surface area contributed by atoms with E-state index in [0.717, 1.165) is 12.1 Å². The summed E-state index contributed by atoms with van der Waals surface area (Å²) in [4.78, 5) is 10.8. The second-order valence-electron chi connectivity index (χ2n) is 3.13. The van der Waals surface area contributed by atoms with Gasteiger partial charge in [-0.25, -0.2) is 0 Å². The summed E-state index contributed by atoms with van der Waals surface area (Å²) in [5.74, 6) is 0.386. The van der Waals surface area contributed by atoms with E-state index in [-0.39, 0.29) is 11.6 Å². The monoisotopic (exact) mass is 169 g/mol. The Morgan fingerprint density at radius 1 is 1.58 bits per heavy atom. The van der Waals surface area contributed by atoms with Crippen molar-refractivity contribution in [3.8, 4) is 0 Å². The van der Waals surface area contributed by atoms with Crippen LogP contribution in [0.3, 0.4) is 0 Å². The van der Waals surface area contributed by atoms with Crippen LogP contribution in [-0.4, -0.2) is 10.2 Å². The van der Waals surface area contributed by atoms with Gasteiger partial charge in [-0.05, 0) is 5.92 Å². The number of hydrogen-bond donors (Lipinski definition) is 3. The zero-order valence-corrected chi connectivity index (χ0v) is 7.42. The second kappa shape index (κ2) is 3.58. The van der Waals surface area contributed by atoms with Gasteiger partial charge in [0.1, 0.15) is 0 Å². The van der Waals surface area contributed by atoms with Crippen molar-refractivity contribution in [1.82, 2.24) is 10.2 Å². The molecule has 4 nitrogen and oxygen atoms in total. The van der Waals surface area contributed by atoms with E-state index in [1.807, 2.05) is 0 Å². The summed E-state index contributed by atoms with van der Waals surface area (Å²) in [6, 6.07) is 1.44. The van der Waals surface area contributed by atoms with Crippen molar-refractivity contribution in [2.75, 3.05) is 0 Å². The minimum Gasteiger partial charge on any atom is -0.322 e. The average Bonchev–Trinajstić information content (AvgIpc) is 2.49. The molecule has 2 atom stereocenters. The van der Waals surface area contributed by atoms with Crippen LogP contribution in [0.4, 0.5) is 0 Å². The zero-order chi connectivity index (χ0) is 9.14. The van der Waals surface area contributed by atoms with Crippen LogP contribution in [-0.2, 0) is 0 Å². The Morgan fingerprint density at radius 2 is 2.25 bits per heavy atom. The topological polar surface area (TPSA) is 74.7 Å². The normalized spacial score (nSPS) is 15.9. The van der Waals surface area contributed by atoms with E-state index in [0.29, 0.717) is 5.92 Å². The fraction of sp³-hybridized carbons (Fsp3) is 0.625. The summed E-state index contributed by atoms with van der Waals surface area (Å²) >= 11 is 0. The molecular weight excluding hydrogens is 154 g/mol. The van der Waals surface area contributed by atoms with Crippen LogP contribution < -0.4 is 11.3 Å². The molecule has 0 saturated heterocycles. The number of nitrogens with one attached hydrogen (secondary N) is 2. The molecule has 0 spiro atoms. The predicted molar refractivity (Wildman–Crippen MR) is 47.8 cm³/mol. The summed E-state index contributed by atoms with van der Waals surface area (Å²) in [6.45, 7) is 4.14. The predicted octanol–water partition coefficient (Wildman–Crippen LogP) is 0.749. The van der Waals surface area contributed by atoms with Gasteiger partial charge in [0, 0.05) is 12.1 Å². The summed E-state index contributed by atoms with van der Waals surface area (Å²) in [6.07, 6.45) is 1.01. The molecule has 0 aliphatic heterocycles. The lowest BCUT2D eigenvalue weighted by atomic mass is 9.98. The van der Waals surface area contributed by atoms with Crippen molar-refractivity contribution in [3.05, 3.63) is 22.1 Å². The van der Waals surface area contributed by atoms with E-state index < -0.39 is 0 Å². The maximum atomic E-state index is 10.8. The molecular formula is C8H15N3O. The quantitative estimate of drug-likeness (QED) is 0.624. The molecule has 0 unspecified atom stereocenters.